The first-order valence-corrected chi connectivity index (χ1v) is 35.8. The second-order valence-corrected chi connectivity index (χ2v) is 30.5. The number of fused-ring (bicyclic) bond motifs is 5. The van der Waals surface area contributed by atoms with E-state index in [0.29, 0.717) is 73.0 Å². The summed E-state index contributed by atoms with van der Waals surface area (Å²) in [5, 5.41) is 43.4. The summed E-state index contributed by atoms with van der Waals surface area (Å²) in [5.41, 5.74) is 15.4. The van der Waals surface area contributed by atoms with Gasteiger partial charge in [-0.25, -0.2) is 32.9 Å². The maximum Gasteiger partial charge on any atom is 0.322 e. The number of thiophene rings is 4. The molecule has 6 aliphatic rings. The highest BCUT2D eigenvalue weighted by Crippen LogP contribution is 2.44. The number of halogens is 3. The highest BCUT2D eigenvalue weighted by molar-refractivity contribution is 7.80. The van der Waals surface area contributed by atoms with Crippen molar-refractivity contribution in [3.8, 4) is 10.6 Å². The Balaban J connectivity index is 0.000000158. The zero-order valence-corrected chi connectivity index (χ0v) is 59.1. The van der Waals surface area contributed by atoms with Crippen molar-refractivity contribution in [3.05, 3.63) is 102 Å². The molecule has 13 heterocycles. The van der Waals surface area contributed by atoms with Gasteiger partial charge in [-0.05, 0) is 111 Å². The number of dihydropyridines is 1. The van der Waals surface area contributed by atoms with Crippen molar-refractivity contribution in [1.29, 1.82) is 5.41 Å². The molecule has 5 unspecified atom stereocenters. The number of nitrogens with one attached hydrogen (secondary N) is 5. The lowest BCUT2D eigenvalue weighted by Crippen LogP contribution is -2.48. The van der Waals surface area contributed by atoms with Crippen LogP contribution in [-0.4, -0.2) is 158 Å². The molecule has 0 spiro atoms. The number of nitrogens with two attached hydrogens (primary N) is 2. The van der Waals surface area contributed by atoms with Gasteiger partial charge in [0.15, 0.2) is 17.0 Å². The molecule has 498 valence electrons. The number of likely N-dealkylation sites (tertiary alicyclic amines) is 1. The standard InChI is InChI=1S/C30H28FN9O2S4.C16H19FN2S3.C15H14N6O3S.ClH.H2S/c1-14-6-23-33-10-16(11-39(23)36-14)30-35-28-26(46-30)25(27(32)42)37-40(28)13-24(41)38-12-17(31)8-19(38)29(43)34-18-3-2-15(7-18)21-9-22-20(45-21)4-5-44-22;17-10-6-12(18-8-10)16(20)19-11-2-1-9(5-11)14-7-15-13(22-14)3-4-21-15;1-6-2-8-9(20-6)3-7(4-18-8)15-21-14(19-5-10(22)23)12(25-15)11(16)13(17)24;;/h4-6,9-11,15,17-19H,2-3,7-8,12-13H2,1H3,(H2,32,42)(H,34,43);3-4,7,9-12,18H,1-2,5-6,8H2,(H,19,20);2-4,9,16,19H,5H2,1H3,(H2,17,24)(H,22,23);1H;1H2/t15?,17-,18?,19+;9?,10-,11?,12+;;;/m11.../s1. The van der Waals surface area contributed by atoms with Crippen molar-refractivity contribution >= 4 is 216 Å². The van der Waals surface area contributed by atoms with Gasteiger partial charge in [0.1, 0.15) is 62.6 Å². The summed E-state index contributed by atoms with van der Waals surface area (Å²) in [6.07, 6.45) is 14.1. The minimum absolute atomic E-state index is 0. The van der Waals surface area contributed by atoms with E-state index in [4.69, 9.17) is 51.4 Å². The average molecular weight is 1480 g/mol. The van der Waals surface area contributed by atoms with E-state index in [2.05, 4.69) is 86.4 Å². The Morgan fingerprint density at radius 3 is 2.16 bits per heavy atom. The largest absolute Gasteiger partial charge is 0.480 e. The summed E-state index contributed by atoms with van der Waals surface area (Å²) in [6.45, 7) is 3.51. The maximum atomic E-state index is 14.8. The Morgan fingerprint density at radius 2 is 1.53 bits per heavy atom. The number of aliphatic imine (C=N–C) groups is 2. The van der Waals surface area contributed by atoms with E-state index in [9.17, 15) is 28.0 Å². The van der Waals surface area contributed by atoms with Gasteiger partial charge >= 0.3 is 5.97 Å². The fourth-order valence-corrected chi connectivity index (χ4v) is 19.7. The van der Waals surface area contributed by atoms with Crippen LogP contribution in [0.4, 0.5) is 14.6 Å². The van der Waals surface area contributed by atoms with Crippen molar-refractivity contribution in [1.82, 2.24) is 55.2 Å². The predicted molar refractivity (Wildman–Crippen MR) is 392 cm³/mol. The molecule has 9 aromatic rings. The Bertz CT molecular complexity index is 4540. The van der Waals surface area contributed by atoms with Gasteiger partial charge < -0.3 is 42.7 Å². The fourth-order valence-electron chi connectivity index (χ4n) is 12.4. The van der Waals surface area contributed by atoms with Gasteiger partial charge in [0.2, 0.25) is 5.91 Å². The highest BCUT2D eigenvalue weighted by atomic mass is 35.5. The van der Waals surface area contributed by atoms with E-state index in [-0.39, 0.29) is 85.8 Å². The Hall–Kier alpha value is -6.92. The number of allylic oxidation sites excluding steroid dienone is 2. The average Bonchev–Trinajstić information content (AvgIpc) is 1.61. The molecule has 2 saturated heterocycles. The number of nitrogens with zero attached hydrogens (tertiary/aromatic N) is 10. The number of hydrogen-bond acceptors (Lipinski definition) is 22. The van der Waals surface area contributed by atoms with Gasteiger partial charge in [0.05, 0.1) is 40.0 Å². The number of anilines is 1. The number of carboxylic acids is 1. The van der Waals surface area contributed by atoms with Gasteiger partial charge in [-0.2, -0.15) is 23.7 Å². The number of carbonyl (C=O) groups is 4. The highest BCUT2D eigenvalue weighted by Gasteiger charge is 2.40. The van der Waals surface area contributed by atoms with E-state index >= 15 is 0 Å². The first-order valence-electron chi connectivity index (χ1n) is 30.0. The number of carbonyl (C=O) groups excluding carboxylic acids is 3. The van der Waals surface area contributed by atoms with E-state index < -0.39 is 48.4 Å². The molecule has 4 fully saturated rings. The molecule has 22 nitrogen and oxygen atoms in total. The zero-order chi connectivity index (χ0) is 64.9. The molecule has 9 aromatic heterocycles. The minimum Gasteiger partial charge on any atom is -0.480 e. The van der Waals surface area contributed by atoms with Crippen LogP contribution in [0.2, 0.25) is 0 Å². The summed E-state index contributed by atoms with van der Waals surface area (Å²) in [7, 11) is 0. The number of primary amides is 2. The molecule has 10 N–H and O–H groups in total. The van der Waals surface area contributed by atoms with Gasteiger partial charge in [-0.15, -0.1) is 80.4 Å². The number of aryl methyl sites for hydroxylation is 1. The number of thiocarbonyl (C=S) groups is 2. The van der Waals surface area contributed by atoms with Crippen molar-refractivity contribution in [2.24, 2.45) is 21.5 Å². The predicted octanol–water partition coefficient (Wildman–Crippen LogP) is 10.5. The van der Waals surface area contributed by atoms with Crippen LogP contribution in [-0.2, 0) is 20.9 Å². The van der Waals surface area contributed by atoms with E-state index in [1.165, 1.54) is 55.9 Å². The van der Waals surface area contributed by atoms with Crippen molar-refractivity contribution in [2.75, 3.05) is 25.0 Å². The molecule has 0 bridgehead atoms. The van der Waals surface area contributed by atoms with E-state index in [1.54, 1.807) is 34.5 Å². The van der Waals surface area contributed by atoms with Crippen LogP contribution >= 0.6 is 118 Å². The summed E-state index contributed by atoms with van der Waals surface area (Å²) in [4.78, 5) is 76.3. The number of aromatic nitrogens is 7. The summed E-state index contributed by atoms with van der Waals surface area (Å²) >= 11 is 20.9. The smallest absolute Gasteiger partial charge is 0.322 e. The van der Waals surface area contributed by atoms with Crippen molar-refractivity contribution in [3.63, 3.8) is 0 Å². The van der Waals surface area contributed by atoms with E-state index in [0.717, 1.165) is 65.5 Å². The molecule has 2 saturated carbocycles. The SMILES string of the molecule is CC1=NC2C=C(c3nc(NCC(=O)O)c(C(=N)C(N)=O)s3)C=NC2=C1.Cc1cc2ncc(-c3nc4c(s3)c(C(N)=O)nn4CC(=O)N3C[C@H](F)C[C@H]3C(=S)NC3CCC(c4cc5sccc5s4)C3)cn2n1.Cl.F[C@H]1CN[C@H](C(=S)NC2CCC(c3cc4sccc4s3)C2)C1.S. The molecule has 95 heavy (non-hydrogen) atoms. The second kappa shape index (κ2) is 29.4. The summed E-state index contributed by atoms with van der Waals surface area (Å²) < 4.78 is 37.1. The molecule has 2 aliphatic carbocycles. The van der Waals surface area contributed by atoms with E-state index in [1.807, 2.05) is 66.1 Å². The topological polar surface area (TPSA) is 314 Å². The van der Waals surface area contributed by atoms with Gasteiger partial charge in [-0.3, -0.25) is 34.6 Å². The molecular weight excluding hydrogens is 1410 g/mol. The Labute approximate surface area is 590 Å². The zero-order valence-electron chi connectivity index (χ0n) is 50.7. The van der Waals surface area contributed by atoms with Gasteiger partial charge in [-0.1, -0.05) is 24.4 Å². The van der Waals surface area contributed by atoms with Crippen LogP contribution in [0, 0.1) is 12.3 Å². The molecule has 34 heteroatoms. The number of hydrogen-bond donors (Lipinski definition) is 8. The van der Waals surface area contributed by atoms with Crippen LogP contribution in [0.25, 0.3) is 50.9 Å². The lowest BCUT2D eigenvalue weighted by molar-refractivity contribution is -0.135. The molecule has 3 amide bonds. The lowest BCUT2D eigenvalue weighted by Gasteiger charge is -2.27. The third-order valence-corrected chi connectivity index (χ3v) is 24.4. The molecule has 9 atom stereocenters. The summed E-state index contributed by atoms with van der Waals surface area (Å²) in [5.74, 6) is -1.85. The quantitative estimate of drug-likeness (QED) is 0.0329. The lowest BCUT2D eigenvalue weighted by atomic mass is 10.1. The van der Waals surface area contributed by atoms with Crippen molar-refractivity contribution < 1.29 is 33.1 Å². The van der Waals surface area contributed by atoms with Crippen LogP contribution < -0.4 is 32.7 Å². The molecular formula is C61H64ClF2N17O5S9. The fraction of sp³-hybridized carbons (Fsp3) is 0.377. The van der Waals surface area contributed by atoms with Crippen LogP contribution in [0.15, 0.2) is 81.3 Å². The first-order chi connectivity index (χ1) is 44.7. The van der Waals surface area contributed by atoms with Crippen LogP contribution in [0.5, 0.6) is 0 Å². The molecule has 15 rings (SSSR count). The third-order valence-electron chi connectivity index (χ3n) is 16.9. The normalized spacial score (nSPS) is 22.6. The summed E-state index contributed by atoms with van der Waals surface area (Å²) in [6, 6.07) is 10.8. The monoisotopic (exact) mass is 1480 g/mol. The second-order valence-electron chi connectivity index (χ2n) is 23.5. The number of thiazole rings is 2. The Morgan fingerprint density at radius 1 is 0.842 bits per heavy atom. The van der Waals surface area contributed by atoms with Gasteiger partial charge in [0, 0.05) is 102 Å². The Kier molecular flexibility index (Phi) is 21.5. The van der Waals surface area contributed by atoms with Crippen molar-refractivity contribution in [2.45, 2.75) is 126 Å². The molecule has 4 aliphatic heterocycles. The number of amides is 3. The van der Waals surface area contributed by atoms with Gasteiger partial charge in [0.25, 0.3) is 11.8 Å². The number of aliphatic carboxylic acids is 1. The van der Waals surface area contributed by atoms with Crippen LogP contribution in [0.1, 0.15) is 106 Å². The maximum absolute atomic E-state index is 14.8. The number of carboxylic acid groups (broad SMARTS) is 1. The molecule has 0 aromatic carbocycles. The minimum atomic E-state index is -1.19. The van der Waals surface area contributed by atoms with Crippen LogP contribution in [0.3, 0.4) is 0 Å². The first kappa shape index (κ1) is 69.4. The number of rotatable bonds is 16. The molecule has 0 radical (unpaired) electrons. The number of alkyl halides is 2. The third kappa shape index (κ3) is 15.3.